The molecular weight excluding hydrogens is 215 g/mol. The highest BCUT2D eigenvalue weighted by Crippen LogP contribution is 2.31. The molecule has 14 heavy (non-hydrogen) atoms. The zero-order chi connectivity index (χ0) is 10.2. The van der Waals surface area contributed by atoms with Crippen molar-refractivity contribution < 1.29 is 13.2 Å². The molecule has 0 radical (unpaired) electrons. The van der Waals surface area contributed by atoms with Gasteiger partial charge in [0.05, 0.1) is 0 Å². The standard InChI is InChI=1S/C7H8F3N3S/c8-7(9,10)5-11-6(14-12-5)13-3-1-2-4-13/h1-4H2. The lowest BCUT2D eigenvalue weighted by molar-refractivity contribution is -0.144. The Morgan fingerprint density at radius 2 is 1.86 bits per heavy atom. The molecule has 0 saturated carbocycles. The van der Waals surface area contributed by atoms with Crippen LogP contribution in [0.1, 0.15) is 18.7 Å². The van der Waals surface area contributed by atoms with E-state index in [4.69, 9.17) is 0 Å². The van der Waals surface area contributed by atoms with E-state index < -0.39 is 12.0 Å². The van der Waals surface area contributed by atoms with Crippen LogP contribution >= 0.6 is 11.5 Å². The van der Waals surface area contributed by atoms with Gasteiger partial charge in [0.25, 0.3) is 0 Å². The molecule has 0 spiro atoms. The largest absolute Gasteiger partial charge is 0.452 e. The van der Waals surface area contributed by atoms with E-state index in [0.717, 1.165) is 37.5 Å². The molecule has 0 unspecified atom stereocenters. The van der Waals surface area contributed by atoms with Gasteiger partial charge in [0.1, 0.15) is 0 Å². The summed E-state index contributed by atoms with van der Waals surface area (Å²) in [6, 6.07) is 0. The van der Waals surface area contributed by atoms with Crippen molar-refractivity contribution in [3.8, 4) is 0 Å². The molecule has 1 aromatic rings. The van der Waals surface area contributed by atoms with E-state index in [-0.39, 0.29) is 0 Å². The van der Waals surface area contributed by atoms with Gasteiger partial charge in [-0.3, -0.25) is 0 Å². The quantitative estimate of drug-likeness (QED) is 0.730. The van der Waals surface area contributed by atoms with Crippen LogP contribution in [0, 0.1) is 0 Å². The SMILES string of the molecule is FC(F)(F)c1nsc(N2CCCC2)n1. The second-order valence-electron chi connectivity index (χ2n) is 3.09. The third-order valence-electron chi connectivity index (χ3n) is 2.05. The van der Waals surface area contributed by atoms with Crippen molar-refractivity contribution in [3.63, 3.8) is 0 Å². The van der Waals surface area contributed by atoms with Crippen molar-refractivity contribution >= 4 is 16.7 Å². The number of rotatable bonds is 1. The minimum Gasteiger partial charge on any atom is -0.347 e. The summed E-state index contributed by atoms with van der Waals surface area (Å²) in [4.78, 5) is 5.31. The fourth-order valence-electron chi connectivity index (χ4n) is 1.37. The van der Waals surface area contributed by atoms with Crippen molar-refractivity contribution in [1.29, 1.82) is 0 Å². The summed E-state index contributed by atoms with van der Waals surface area (Å²) in [5.41, 5.74) is 0. The van der Waals surface area contributed by atoms with Crippen molar-refractivity contribution in [2.24, 2.45) is 0 Å². The van der Waals surface area contributed by atoms with Crippen molar-refractivity contribution in [1.82, 2.24) is 9.36 Å². The lowest BCUT2D eigenvalue weighted by Crippen LogP contribution is -2.17. The molecule has 2 heterocycles. The second kappa shape index (κ2) is 3.38. The molecule has 0 atom stereocenters. The van der Waals surface area contributed by atoms with E-state index in [9.17, 15) is 13.2 Å². The van der Waals surface area contributed by atoms with Gasteiger partial charge < -0.3 is 4.90 Å². The predicted molar refractivity (Wildman–Crippen MR) is 46.4 cm³/mol. The maximum absolute atomic E-state index is 12.2. The summed E-state index contributed by atoms with van der Waals surface area (Å²) < 4.78 is 39.7. The Morgan fingerprint density at radius 3 is 2.36 bits per heavy atom. The summed E-state index contributed by atoms with van der Waals surface area (Å²) in [5, 5.41) is 0.384. The second-order valence-corrected chi connectivity index (χ2v) is 3.82. The van der Waals surface area contributed by atoms with E-state index in [2.05, 4.69) is 9.36 Å². The lowest BCUT2D eigenvalue weighted by atomic mass is 10.4. The van der Waals surface area contributed by atoms with Gasteiger partial charge in [-0.2, -0.15) is 22.5 Å². The topological polar surface area (TPSA) is 29.0 Å². The van der Waals surface area contributed by atoms with Crippen LogP contribution in [-0.2, 0) is 6.18 Å². The van der Waals surface area contributed by atoms with Crippen LogP contribution in [-0.4, -0.2) is 22.4 Å². The van der Waals surface area contributed by atoms with Crippen molar-refractivity contribution in [2.75, 3.05) is 18.0 Å². The first kappa shape index (κ1) is 9.70. The number of aromatic nitrogens is 2. The molecule has 0 aromatic carbocycles. The smallest absolute Gasteiger partial charge is 0.347 e. The fraction of sp³-hybridized carbons (Fsp3) is 0.714. The van der Waals surface area contributed by atoms with E-state index in [1.165, 1.54) is 0 Å². The van der Waals surface area contributed by atoms with Crippen LogP contribution in [0.5, 0.6) is 0 Å². The number of hydrogen-bond acceptors (Lipinski definition) is 4. The maximum atomic E-state index is 12.2. The average molecular weight is 223 g/mol. The molecule has 0 bridgehead atoms. The van der Waals surface area contributed by atoms with Gasteiger partial charge in [0, 0.05) is 24.6 Å². The Morgan fingerprint density at radius 1 is 1.21 bits per heavy atom. The van der Waals surface area contributed by atoms with Gasteiger partial charge in [-0.25, -0.2) is 0 Å². The number of hydrogen-bond donors (Lipinski definition) is 0. The van der Waals surface area contributed by atoms with Crippen LogP contribution in [0.3, 0.4) is 0 Å². The summed E-state index contributed by atoms with van der Waals surface area (Å²) in [6.07, 6.45) is -2.39. The number of halogens is 3. The Balaban J connectivity index is 2.17. The molecule has 1 aliphatic rings. The Labute approximate surface area is 82.7 Å². The van der Waals surface area contributed by atoms with E-state index >= 15 is 0 Å². The van der Waals surface area contributed by atoms with Crippen LogP contribution < -0.4 is 4.90 Å². The van der Waals surface area contributed by atoms with Gasteiger partial charge in [-0.05, 0) is 12.8 Å². The van der Waals surface area contributed by atoms with Gasteiger partial charge in [0.15, 0.2) is 0 Å². The highest BCUT2D eigenvalue weighted by molar-refractivity contribution is 7.09. The minimum atomic E-state index is -4.42. The Kier molecular flexibility index (Phi) is 2.34. The third kappa shape index (κ3) is 1.82. The molecule has 1 aromatic heterocycles. The van der Waals surface area contributed by atoms with Crippen LogP contribution in [0.4, 0.5) is 18.3 Å². The summed E-state index contributed by atoms with van der Waals surface area (Å²) in [6.45, 7) is 1.57. The molecule has 1 fully saturated rings. The molecule has 0 amide bonds. The first-order valence-corrected chi connectivity index (χ1v) is 5.00. The lowest BCUT2D eigenvalue weighted by Gasteiger charge is -2.11. The molecule has 1 saturated heterocycles. The monoisotopic (exact) mass is 223 g/mol. The fourth-order valence-corrected chi connectivity index (χ4v) is 2.11. The van der Waals surface area contributed by atoms with E-state index in [1.54, 1.807) is 0 Å². The first-order chi connectivity index (χ1) is 6.57. The van der Waals surface area contributed by atoms with Gasteiger partial charge >= 0.3 is 6.18 Å². The molecule has 7 heteroatoms. The van der Waals surface area contributed by atoms with E-state index in [0.29, 0.717) is 5.13 Å². The molecule has 0 N–H and O–H groups in total. The van der Waals surface area contributed by atoms with Crippen molar-refractivity contribution in [2.45, 2.75) is 19.0 Å². The zero-order valence-electron chi connectivity index (χ0n) is 7.21. The van der Waals surface area contributed by atoms with Crippen LogP contribution in [0.15, 0.2) is 0 Å². The van der Waals surface area contributed by atoms with Crippen LogP contribution in [0.25, 0.3) is 0 Å². The number of alkyl halides is 3. The summed E-state index contributed by atoms with van der Waals surface area (Å²) >= 11 is 0.818. The van der Waals surface area contributed by atoms with Gasteiger partial charge in [-0.1, -0.05) is 0 Å². The molecular formula is C7H8F3N3S. The van der Waals surface area contributed by atoms with Crippen LogP contribution in [0.2, 0.25) is 0 Å². The third-order valence-corrected chi connectivity index (χ3v) is 2.82. The number of nitrogens with zero attached hydrogens (tertiary/aromatic N) is 3. The highest BCUT2D eigenvalue weighted by atomic mass is 32.1. The molecule has 2 rings (SSSR count). The van der Waals surface area contributed by atoms with Gasteiger partial charge in [-0.15, -0.1) is 0 Å². The minimum absolute atomic E-state index is 0.384. The average Bonchev–Trinajstić information content (AvgIpc) is 2.73. The highest BCUT2D eigenvalue weighted by Gasteiger charge is 2.36. The molecule has 78 valence electrons. The van der Waals surface area contributed by atoms with Gasteiger partial charge in [0.2, 0.25) is 11.0 Å². The molecule has 1 aliphatic heterocycles. The zero-order valence-corrected chi connectivity index (χ0v) is 8.03. The first-order valence-electron chi connectivity index (χ1n) is 4.23. The summed E-state index contributed by atoms with van der Waals surface area (Å²) in [5.74, 6) is -1.02. The van der Waals surface area contributed by atoms with E-state index in [1.807, 2.05) is 4.90 Å². The van der Waals surface area contributed by atoms with Crippen molar-refractivity contribution in [3.05, 3.63) is 5.82 Å². The Hall–Kier alpha value is -0.850. The normalized spacial score (nSPS) is 17.8. The number of anilines is 1. The predicted octanol–water partition coefficient (Wildman–Crippen LogP) is 2.16. The molecule has 0 aliphatic carbocycles. The maximum Gasteiger partial charge on any atom is 0.452 e. The summed E-state index contributed by atoms with van der Waals surface area (Å²) in [7, 11) is 0. The molecule has 3 nitrogen and oxygen atoms in total. The Bertz CT molecular complexity index is 316.